The van der Waals surface area contributed by atoms with Gasteiger partial charge in [0.15, 0.2) is 0 Å². The third kappa shape index (κ3) is 16.0. The zero-order valence-electron chi connectivity index (χ0n) is 24.1. The summed E-state index contributed by atoms with van der Waals surface area (Å²) in [4.78, 5) is 18.6. The molecule has 0 bridgehead atoms. The van der Waals surface area contributed by atoms with Crippen LogP contribution in [-0.2, 0) is 9.63 Å². The fraction of sp³-hybridized carbons (Fsp3) is 0.903. The van der Waals surface area contributed by atoms with Gasteiger partial charge in [-0.2, -0.15) is 0 Å². The Morgan fingerprint density at radius 1 is 0.618 bits per heavy atom. The maximum absolute atomic E-state index is 12.5. The Hall–Kier alpha value is -0.830. The Bertz CT molecular complexity index is 462. The number of nitrogens with zero attached hydrogens (tertiary/aromatic N) is 1. The van der Waals surface area contributed by atoms with Crippen LogP contribution < -0.4 is 0 Å². The zero-order valence-corrected chi connectivity index (χ0v) is 24.1. The number of unbranched alkanes of at least 4 members (excludes halogenated alkanes) is 16. The molecule has 202 valence electrons. The molecular formula is C31H62NO2+. The smallest absolute Gasteiger partial charge is 0.271 e. The lowest BCUT2D eigenvalue weighted by Gasteiger charge is -2.40. The molecule has 0 saturated carbocycles. The van der Waals surface area contributed by atoms with Gasteiger partial charge in [-0.05, 0) is 33.6 Å². The summed E-state index contributed by atoms with van der Waals surface area (Å²) >= 11 is 0. The first-order valence-corrected chi connectivity index (χ1v) is 15.2. The van der Waals surface area contributed by atoms with Crippen molar-refractivity contribution >= 4 is 5.97 Å². The molecule has 0 rings (SSSR count). The van der Waals surface area contributed by atoms with Gasteiger partial charge in [-0.15, -0.1) is 4.65 Å². The number of hydrogen-bond donors (Lipinski definition) is 0. The van der Waals surface area contributed by atoms with E-state index in [1.54, 1.807) is 6.92 Å². The van der Waals surface area contributed by atoms with Crippen molar-refractivity contribution in [3.8, 4) is 0 Å². The molecule has 0 aliphatic rings. The van der Waals surface area contributed by atoms with Crippen LogP contribution in [0.5, 0.6) is 0 Å². The summed E-state index contributed by atoms with van der Waals surface area (Å²) in [7, 11) is 0. The first-order chi connectivity index (χ1) is 16.5. The van der Waals surface area contributed by atoms with Gasteiger partial charge in [0.2, 0.25) is 0 Å². The van der Waals surface area contributed by atoms with Gasteiger partial charge in [-0.25, -0.2) is 4.79 Å². The van der Waals surface area contributed by atoms with E-state index in [0.717, 1.165) is 25.9 Å². The van der Waals surface area contributed by atoms with Crippen LogP contribution in [-0.4, -0.2) is 29.7 Å². The molecule has 3 nitrogen and oxygen atoms in total. The molecule has 0 aliphatic heterocycles. The van der Waals surface area contributed by atoms with Gasteiger partial charge in [0.1, 0.15) is 19.1 Å². The Morgan fingerprint density at radius 2 is 0.941 bits per heavy atom. The topological polar surface area (TPSA) is 26.3 Å². The SMILES string of the molecule is C=C(C)C(=O)O[N+](CC)(CC)C(CCCCCCCCCCC)CCCCCCCCCCC. The van der Waals surface area contributed by atoms with Gasteiger partial charge < -0.3 is 0 Å². The molecule has 0 N–H and O–H groups in total. The number of carbonyl (C=O) groups is 1. The molecule has 0 aromatic carbocycles. The molecule has 0 unspecified atom stereocenters. The molecule has 0 aliphatic carbocycles. The standard InChI is InChI=1S/C31H62NO2/c1-7-11-13-15-17-19-21-23-25-27-30(28-26-24-22-20-18-16-14-12-8-2)32(9-3,10-4)34-31(33)29(5)6/h30H,5,7-28H2,1-4,6H3/q+1. The van der Waals surface area contributed by atoms with Gasteiger partial charge in [0, 0.05) is 18.4 Å². The van der Waals surface area contributed by atoms with Crippen LogP contribution in [0, 0.1) is 0 Å². The molecule has 0 fully saturated rings. The second kappa shape index (κ2) is 22.6. The first kappa shape index (κ1) is 33.2. The third-order valence-corrected chi connectivity index (χ3v) is 7.63. The van der Waals surface area contributed by atoms with Crippen molar-refractivity contribution in [2.75, 3.05) is 13.1 Å². The Morgan fingerprint density at radius 3 is 1.24 bits per heavy atom. The van der Waals surface area contributed by atoms with Crippen LogP contribution in [0.15, 0.2) is 12.2 Å². The van der Waals surface area contributed by atoms with Crippen LogP contribution in [0.3, 0.4) is 0 Å². The van der Waals surface area contributed by atoms with E-state index in [2.05, 4.69) is 34.3 Å². The predicted molar refractivity (Wildman–Crippen MR) is 150 cm³/mol. The maximum atomic E-state index is 12.5. The van der Waals surface area contributed by atoms with E-state index < -0.39 is 0 Å². The monoisotopic (exact) mass is 480 g/mol. The molecular weight excluding hydrogens is 418 g/mol. The Labute approximate surface area is 214 Å². The number of hydroxylamine groups is 3. The fourth-order valence-electron chi connectivity index (χ4n) is 5.18. The van der Waals surface area contributed by atoms with Gasteiger partial charge in [0.25, 0.3) is 0 Å². The highest BCUT2D eigenvalue weighted by atomic mass is 16.7. The quantitative estimate of drug-likeness (QED) is 0.0562. The average molecular weight is 481 g/mol. The van der Waals surface area contributed by atoms with Crippen molar-refractivity contribution in [2.24, 2.45) is 0 Å². The van der Waals surface area contributed by atoms with Crippen LogP contribution in [0.1, 0.15) is 163 Å². The second-order valence-electron chi connectivity index (χ2n) is 10.6. The highest BCUT2D eigenvalue weighted by molar-refractivity contribution is 5.86. The van der Waals surface area contributed by atoms with E-state index in [4.69, 9.17) is 4.84 Å². The van der Waals surface area contributed by atoms with Crippen LogP contribution in [0.2, 0.25) is 0 Å². The summed E-state index contributed by atoms with van der Waals surface area (Å²) in [6, 6.07) is 0.410. The van der Waals surface area contributed by atoms with Gasteiger partial charge in [-0.1, -0.05) is 123 Å². The number of quaternary nitrogens is 1. The molecule has 0 atom stereocenters. The Balaban J connectivity index is 4.63. The van der Waals surface area contributed by atoms with Gasteiger partial charge >= 0.3 is 5.97 Å². The van der Waals surface area contributed by atoms with Crippen LogP contribution in [0.4, 0.5) is 0 Å². The van der Waals surface area contributed by atoms with Crippen LogP contribution >= 0.6 is 0 Å². The molecule has 34 heavy (non-hydrogen) atoms. The van der Waals surface area contributed by atoms with Crippen molar-refractivity contribution in [3.63, 3.8) is 0 Å². The van der Waals surface area contributed by atoms with Crippen molar-refractivity contribution in [1.29, 1.82) is 0 Å². The van der Waals surface area contributed by atoms with Crippen molar-refractivity contribution < 1.29 is 14.3 Å². The summed E-state index contributed by atoms with van der Waals surface area (Å²) < 4.78 is 0.472. The lowest BCUT2D eigenvalue weighted by atomic mass is 9.98. The maximum Gasteiger partial charge on any atom is 0.392 e. The number of hydrogen-bond acceptors (Lipinski definition) is 2. The van der Waals surface area contributed by atoms with Crippen molar-refractivity contribution in [3.05, 3.63) is 12.2 Å². The molecule has 0 aromatic rings. The molecule has 0 saturated heterocycles. The summed E-state index contributed by atoms with van der Waals surface area (Å²) in [6.07, 6.45) is 26.7. The molecule has 3 heteroatoms. The molecule has 0 heterocycles. The highest BCUT2D eigenvalue weighted by Crippen LogP contribution is 2.27. The minimum Gasteiger partial charge on any atom is -0.271 e. The number of carbonyl (C=O) groups excluding carboxylic acids is 1. The lowest BCUT2D eigenvalue weighted by molar-refractivity contribution is -1.10. The van der Waals surface area contributed by atoms with Gasteiger partial charge in [-0.3, -0.25) is 4.84 Å². The molecule has 0 amide bonds. The van der Waals surface area contributed by atoms with E-state index >= 15 is 0 Å². The minimum atomic E-state index is -0.229. The number of rotatable bonds is 25. The Kier molecular flexibility index (Phi) is 22.1. The fourth-order valence-corrected chi connectivity index (χ4v) is 5.18. The lowest BCUT2D eigenvalue weighted by Crippen LogP contribution is -2.56. The molecule has 0 aromatic heterocycles. The summed E-state index contributed by atoms with van der Waals surface area (Å²) in [5.74, 6) is -0.229. The van der Waals surface area contributed by atoms with E-state index in [0.29, 0.717) is 16.3 Å². The van der Waals surface area contributed by atoms with Crippen molar-refractivity contribution in [1.82, 2.24) is 0 Å². The molecule has 0 radical (unpaired) electrons. The zero-order chi connectivity index (χ0) is 25.5. The molecule has 0 spiro atoms. The second-order valence-corrected chi connectivity index (χ2v) is 10.6. The normalized spacial score (nSPS) is 11.8. The van der Waals surface area contributed by atoms with Gasteiger partial charge in [0.05, 0.1) is 0 Å². The third-order valence-electron chi connectivity index (χ3n) is 7.63. The highest BCUT2D eigenvalue weighted by Gasteiger charge is 2.38. The van der Waals surface area contributed by atoms with E-state index in [-0.39, 0.29) is 5.97 Å². The van der Waals surface area contributed by atoms with Crippen LogP contribution in [0.25, 0.3) is 0 Å². The summed E-state index contributed by atoms with van der Waals surface area (Å²) in [5, 5.41) is 0. The van der Waals surface area contributed by atoms with Crippen molar-refractivity contribution in [2.45, 2.75) is 169 Å². The summed E-state index contributed by atoms with van der Waals surface area (Å²) in [6.45, 7) is 16.2. The minimum absolute atomic E-state index is 0.229. The van der Waals surface area contributed by atoms with E-state index in [1.807, 2.05) is 0 Å². The summed E-state index contributed by atoms with van der Waals surface area (Å²) in [5.41, 5.74) is 0.509. The average Bonchev–Trinajstić information content (AvgIpc) is 2.84. The van der Waals surface area contributed by atoms with E-state index in [9.17, 15) is 4.79 Å². The largest absolute Gasteiger partial charge is 0.392 e. The first-order valence-electron chi connectivity index (χ1n) is 15.2. The van der Waals surface area contributed by atoms with E-state index in [1.165, 1.54) is 116 Å². The predicted octanol–water partition coefficient (Wildman–Crippen LogP) is 10.1.